The molecule has 1 aromatic rings. The molecule has 0 spiro atoms. The average molecular weight is 527 g/mol. The number of aliphatic imine (C=N–C) groups is 1. The summed E-state index contributed by atoms with van der Waals surface area (Å²) in [6.07, 6.45) is 13.6. The molecule has 1 saturated heterocycles. The smallest absolute Gasteiger partial charge is 0.191 e. The third-order valence-electron chi connectivity index (χ3n) is 6.95. The number of benzene rings is 1. The van der Waals surface area contributed by atoms with Crippen molar-refractivity contribution < 1.29 is 4.74 Å². The third-order valence-corrected chi connectivity index (χ3v) is 6.95. The Kier molecular flexibility index (Phi) is 9.56. The molecule has 0 atom stereocenters. The summed E-state index contributed by atoms with van der Waals surface area (Å²) in [4.78, 5) is 7.20. The fourth-order valence-electron chi connectivity index (χ4n) is 4.86. The van der Waals surface area contributed by atoms with Crippen LogP contribution in [0.3, 0.4) is 0 Å². The normalized spacial score (nSPS) is 22.1. The van der Waals surface area contributed by atoms with Crippen LogP contribution in [0.15, 0.2) is 29.3 Å². The Morgan fingerprint density at radius 2 is 1.73 bits per heavy atom. The summed E-state index contributed by atoms with van der Waals surface area (Å²) in [5.41, 5.74) is 1.20. The quantitative estimate of drug-likeness (QED) is 0.321. The molecule has 0 amide bonds. The van der Waals surface area contributed by atoms with Crippen molar-refractivity contribution in [2.75, 3.05) is 20.1 Å². The lowest BCUT2D eigenvalue weighted by Gasteiger charge is -2.39. The molecular formula is C24H39IN4O. The number of guanidine groups is 1. The standard InChI is InChI=1S/C24H38N4O.HI/c1-25-24(26-18-19-8-5-6-13-23(19)29-22-11-7-12-22)27-20-14-16-28(17-15-20)21-9-3-2-4-10-21;/h5-6,8,13,20-22H,2-4,7,9-12,14-18H2,1H3,(H2,25,26,27);1H. The first-order valence-corrected chi connectivity index (χ1v) is 11.8. The van der Waals surface area contributed by atoms with Gasteiger partial charge in [0.15, 0.2) is 5.96 Å². The predicted octanol–water partition coefficient (Wildman–Crippen LogP) is 4.70. The molecule has 0 radical (unpaired) electrons. The van der Waals surface area contributed by atoms with Crippen molar-refractivity contribution in [2.24, 2.45) is 4.99 Å². The summed E-state index contributed by atoms with van der Waals surface area (Å²) < 4.78 is 6.16. The summed E-state index contributed by atoms with van der Waals surface area (Å²) in [5, 5.41) is 7.16. The van der Waals surface area contributed by atoms with Gasteiger partial charge in [0.1, 0.15) is 5.75 Å². The fraction of sp³-hybridized carbons (Fsp3) is 0.708. The molecule has 2 saturated carbocycles. The van der Waals surface area contributed by atoms with Gasteiger partial charge in [-0.25, -0.2) is 0 Å². The summed E-state index contributed by atoms with van der Waals surface area (Å²) >= 11 is 0. The maximum Gasteiger partial charge on any atom is 0.191 e. The van der Waals surface area contributed by atoms with Gasteiger partial charge in [0.25, 0.3) is 0 Å². The molecule has 30 heavy (non-hydrogen) atoms. The van der Waals surface area contributed by atoms with E-state index in [9.17, 15) is 0 Å². The van der Waals surface area contributed by atoms with E-state index in [4.69, 9.17) is 4.74 Å². The van der Waals surface area contributed by atoms with E-state index in [0.29, 0.717) is 12.1 Å². The molecule has 0 aromatic heterocycles. The first-order chi connectivity index (χ1) is 14.3. The SMILES string of the molecule is CN=C(NCc1ccccc1OC1CCC1)NC1CCN(C2CCCCC2)CC1.I. The topological polar surface area (TPSA) is 48.9 Å². The number of likely N-dealkylation sites (tertiary alicyclic amines) is 1. The third kappa shape index (κ3) is 6.49. The monoisotopic (exact) mass is 526 g/mol. The van der Waals surface area contributed by atoms with Crippen LogP contribution in [0.4, 0.5) is 0 Å². The summed E-state index contributed by atoms with van der Waals surface area (Å²) in [5.74, 6) is 1.92. The molecule has 5 nitrogen and oxygen atoms in total. The van der Waals surface area contributed by atoms with Crippen molar-refractivity contribution in [1.29, 1.82) is 0 Å². The van der Waals surface area contributed by atoms with Crippen molar-refractivity contribution in [2.45, 2.75) is 88.9 Å². The molecule has 3 aliphatic rings. The Bertz CT molecular complexity index is 665. The van der Waals surface area contributed by atoms with Gasteiger partial charge in [0, 0.05) is 44.3 Å². The number of hydrogen-bond donors (Lipinski definition) is 2. The van der Waals surface area contributed by atoms with Gasteiger partial charge in [-0.2, -0.15) is 0 Å². The maximum absolute atomic E-state index is 6.16. The van der Waals surface area contributed by atoms with Crippen LogP contribution in [0.25, 0.3) is 0 Å². The molecule has 0 unspecified atom stereocenters. The first kappa shape index (κ1) is 23.6. The number of para-hydroxylation sites is 1. The molecule has 4 rings (SSSR count). The zero-order chi connectivity index (χ0) is 19.9. The van der Waals surface area contributed by atoms with Gasteiger partial charge >= 0.3 is 0 Å². The predicted molar refractivity (Wildman–Crippen MR) is 135 cm³/mol. The molecule has 1 heterocycles. The van der Waals surface area contributed by atoms with Gasteiger partial charge in [-0.05, 0) is 51.0 Å². The van der Waals surface area contributed by atoms with Crippen LogP contribution in [0.5, 0.6) is 5.75 Å². The van der Waals surface area contributed by atoms with E-state index < -0.39 is 0 Å². The Morgan fingerprint density at radius 1 is 1.00 bits per heavy atom. The van der Waals surface area contributed by atoms with Crippen molar-refractivity contribution >= 4 is 29.9 Å². The van der Waals surface area contributed by atoms with Crippen LogP contribution in [0, 0.1) is 0 Å². The lowest BCUT2D eigenvalue weighted by Crippen LogP contribution is -2.50. The molecule has 168 valence electrons. The van der Waals surface area contributed by atoms with Crippen LogP contribution in [-0.4, -0.2) is 49.2 Å². The molecule has 2 N–H and O–H groups in total. The number of hydrogen-bond acceptors (Lipinski definition) is 3. The van der Waals surface area contributed by atoms with Gasteiger partial charge in [-0.1, -0.05) is 37.5 Å². The van der Waals surface area contributed by atoms with E-state index in [2.05, 4.69) is 44.8 Å². The Hall–Kier alpha value is -1.02. The molecule has 6 heteroatoms. The highest BCUT2D eigenvalue weighted by Gasteiger charge is 2.26. The number of nitrogens with zero attached hydrogens (tertiary/aromatic N) is 2. The van der Waals surface area contributed by atoms with E-state index in [-0.39, 0.29) is 24.0 Å². The van der Waals surface area contributed by atoms with Crippen molar-refractivity contribution in [3.05, 3.63) is 29.8 Å². The molecular weight excluding hydrogens is 487 g/mol. The Morgan fingerprint density at radius 3 is 2.40 bits per heavy atom. The minimum absolute atomic E-state index is 0. The van der Waals surface area contributed by atoms with E-state index in [1.807, 2.05) is 7.05 Å². The lowest BCUT2D eigenvalue weighted by atomic mass is 9.92. The number of ether oxygens (including phenoxy) is 1. The van der Waals surface area contributed by atoms with Crippen LogP contribution < -0.4 is 15.4 Å². The Balaban J connectivity index is 0.00000256. The first-order valence-electron chi connectivity index (χ1n) is 11.8. The summed E-state index contributed by atoms with van der Waals surface area (Å²) in [6, 6.07) is 9.74. The van der Waals surface area contributed by atoms with Crippen LogP contribution in [0.1, 0.15) is 69.8 Å². The number of rotatable bonds is 6. The average Bonchev–Trinajstić information content (AvgIpc) is 2.75. The minimum Gasteiger partial charge on any atom is -0.490 e. The number of piperidine rings is 1. The van der Waals surface area contributed by atoms with Gasteiger partial charge in [-0.3, -0.25) is 4.99 Å². The van der Waals surface area contributed by atoms with Gasteiger partial charge in [-0.15, -0.1) is 24.0 Å². The molecule has 0 bridgehead atoms. The van der Waals surface area contributed by atoms with Crippen LogP contribution in [-0.2, 0) is 6.54 Å². The maximum atomic E-state index is 6.16. The minimum atomic E-state index is 0. The molecule has 1 aromatic carbocycles. The number of nitrogens with one attached hydrogen (secondary N) is 2. The zero-order valence-electron chi connectivity index (χ0n) is 18.4. The Labute approximate surface area is 199 Å². The van der Waals surface area contributed by atoms with E-state index >= 15 is 0 Å². The fourth-order valence-corrected chi connectivity index (χ4v) is 4.86. The van der Waals surface area contributed by atoms with Crippen molar-refractivity contribution in [3.63, 3.8) is 0 Å². The second-order valence-corrected chi connectivity index (χ2v) is 8.95. The highest BCUT2D eigenvalue weighted by Crippen LogP contribution is 2.28. The zero-order valence-corrected chi connectivity index (χ0v) is 20.8. The number of halogens is 1. The lowest BCUT2D eigenvalue weighted by molar-refractivity contribution is 0.119. The van der Waals surface area contributed by atoms with E-state index in [1.54, 1.807) is 0 Å². The van der Waals surface area contributed by atoms with Gasteiger partial charge in [0.05, 0.1) is 6.10 Å². The second-order valence-electron chi connectivity index (χ2n) is 8.95. The van der Waals surface area contributed by atoms with Gasteiger partial charge < -0.3 is 20.3 Å². The van der Waals surface area contributed by atoms with Crippen LogP contribution >= 0.6 is 24.0 Å². The highest BCUT2D eigenvalue weighted by molar-refractivity contribution is 14.0. The van der Waals surface area contributed by atoms with Crippen molar-refractivity contribution in [3.8, 4) is 5.75 Å². The molecule has 3 fully saturated rings. The summed E-state index contributed by atoms with van der Waals surface area (Å²) in [7, 11) is 1.86. The van der Waals surface area contributed by atoms with Crippen molar-refractivity contribution in [1.82, 2.24) is 15.5 Å². The van der Waals surface area contributed by atoms with Gasteiger partial charge in [0.2, 0.25) is 0 Å². The summed E-state index contributed by atoms with van der Waals surface area (Å²) in [6.45, 7) is 3.18. The van der Waals surface area contributed by atoms with E-state index in [0.717, 1.165) is 24.3 Å². The second kappa shape index (κ2) is 12.1. The largest absolute Gasteiger partial charge is 0.490 e. The highest BCUT2D eigenvalue weighted by atomic mass is 127. The molecule has 2 aliphatic carbocycles. The molecule has 1 aliphatic heterocycles. The van der Waals surface area contributed by atoms with E-state index in [1.165, 1.54) is 82.9 Å². The van der Waals surface area contributed by atoms with Crippen LogP contribution in [0.2, 0.25) is 0 Å².